The smallest absolute Gasteiger partial charge is 0.349 e. The second-order valence-corrected chi connectivity index (χ2v) is 10.7. The lowest BCUT2D eigenvalue weighted by atomic mass is 9.98. The van der Waals surface area contributed by atoms with Crippen molar-refractivity contribution in [2.45, 2.75) is 24.5 Å². The van der Waals surface area contributed by atoms with Crippen molar-refractivity contribution in [3.63, 3.8) is 0 Å². The summed E-state index contributed by atoms with van der Waals surface area (Å²) in [6, 6.07) is 17.2. The fourth-order valence-electron chi connectivity index (χ4n) is 5.17. The first-order valence-electron chi connectivity index (χ1n) is 11.1. The molecule has 0 spiro atoms. The summed E-state index contributed by atoms with van der Waals surface area (Å²) in [4.78, 5) is 14.5. The van der Waals surface area contributed by atoms with Crippen molar-refractivity contribution in [3.8, 4) is 5.75 Å². The largest absolute Gasteiger partial charge is 0.493 e. The number of ether oxygens (including phenoxy) is 2. The van der Waals surface area contributed by atoms with Crippen LogP contribution in [0, 0.1) is 5.92 Å². The van der Waals surface area contributed by atoms with Gasteiger partial charge in [-0.2, -0.15) is 0 Å². The highest BCUT2D eigenvalue weighted by Crippen LogP contribution is 2.41. The second-order valence-electron chi connectivity index (χ2n) is 8.83. The molecule has 2 fully saturated rings. The molecular formula is C25H28NO4S2+. The molecule has 5 nitrogen and oxygen atoms in total. The third-order valence-electron chi connectivity index (χ3n) is 6.79. The fraction of sp³-hybridized carbons (Fsp3) is 0.400. The molecule has 2 aliphatic heterocycles. The van der Waals surface area contributed by atoms with E-state index in [1.807, 2.05) is 53.2 Å². The van der Waals surface area contributed by atoms with Gasteiger partial charge in [0.1, 0.15) is 12.3 Å². The maximum Gasteiger partial charge on any atom is 0.349 e. The Morgan fingerprint density at radius 1 is 1.03 bits per heavy atom. The van der Waals surface area contributed by atoms with E-state index in [1.165, 1.54) is 22.7 Å². The van der Waals surface area contributed by atoms with Crippen molar-refractivity contribution in [2.24, 2.45) is 5.92 Å². The van der Waals surface area contributed by atoms with Crippen LogP contribution in [-0.2, 0) is 15.1 Å². The van der Waals surface area contributed by atoms with Crippen LogP contribution in [0.25, 0.3) is 0 Å². The van der Waals surface area contributed by atoms with Gasteiger partial charge in [-0.15, -0.1) is 22.7 Å². The first-order valence-corrected chi connectivity index (χ1v) is 12.9. The van der Waals surface area contributed by atoms with Gasteiger partial charge < -0.3 is 19.1 Å². The summed E-state index contributed by atoms with van der Waals surface area (Å²) in [5.41, 5.74) is -1.73. The zero-order valence-corrected chi connectivity index (χ0v) is 19.5. The van der Waals surface area contributed by atoms with E-state index in [4.69, 9.17) is 9.47 Å². The molecule has 3 aromatic rings. The van der Waals surface area contributed by atoms with Crippen molar-refractivity contribution in [3.05, 3.63) is 75.1 Å². The molecule has 2 unspecified atom stereocenters. The Morgan fingerprint density at radius 2 is 1.75 bits per heavy atom. The molecule has 168 valence electrons. The molecule has 0 aliphatic carbocycles. The van der Waals surface area contributed by atoms with E-state index in [0.717, 1.165) is 49.3 Å². The molecular weight excluding hydrogens is 442 g/mol. The van der Waals surface area contributed by atoms with Gasteiger partial charge in [-0.1, -0.05) is 30.3 Å². The number of esters is 1. The van der Waals surface area contributed by atoms with Crippen LogP contribution in [0.15, 0.2) is 65.4 Å². The van der Waals surface area contributed by atoms with E-state index < -0.39 is 11.6 Å². The minimum atomic E-state index is -1.73. The van der Waals surface area contributed by atoms with Gasteiger partial charge in [0.15, 0.2) is 6.10 Å². The first kappa shape index (κ1) is 21.6. The van der Waals surface area contributed by atoms with Crippen LogP contribution in [0.2, 0.25) is 0 Å². The highest BCUT2D eigenvalue weighted by Gasteiger charge is 2.54. The molecule has 32 heavy (non-hydrogen) atoms. The number of fused-ring (bicyclic) bond motifs is 2. The number of quaternary nitrogens is 1. The molecule has 2 aliphatic rings. The van der Waals surface area contributed by atoms with E-state index in [0.29, 0.717) is 22.3 Å². The summed E-state index contributed by atoms with van der Waals surface area (Å²) in [6.45, 7) is 4.71. The summed E-state index contributed by atoms with van der Waals surface area (Å²) in [5, 5.41) is 15.3. The van der Waals surface area contributed by atoms with Crippen LogP contribution < -0.4 is 4.74 Å². The van der Waals surface area contributed by atoms with Crippen LogP contribution in [0.4, 0.5) is 0 Å². The van der Waals surface area contributed by atoms with Gasteiger partial charge in [0, 0.05) is 12.8 Å². The Bertz CT molecular complexity index is 987. The molecule has 0 saturated carbocycles. The van der Waals surface area contributed by atoms with E-state index in [1.54, 1.807) is 12.1 Å². The van der Waals surface area contributed by atoms with E-state index in [2.05, 4.69) is 0 Å². The molecule has 1 aromatic carbocycles. The average molecular weight is 471 g/mol. The Balaban J connectivity index is 1.21. The van der Waals surface area contributed by atoms with Crippen LogP contribution >= 0.6 is 22.7 Å². The quantitative estimate of drug-likeness (QED) is 0.288. The normalized spacial score (nSPS) is 24.5. The van der Waals surface area contributed by atoms with Gasteiger partial charge in [-0.3, -0.25) is 0 Å². The highest BCUT2D eigenvalue weighted by molar-refractivity contribution is 7.12. The number of rotatable bonds is 9. The molecule has 2 aromatic heterocycles. The van der Waals surface area contributed by atoms with E-state index in [9.17, 15) is 9.90 Å². The van der Waals surface area contributed by atoms with E-state index in [-0.39, 0.29) is 6.10 Å². The molecule has 7 heteroatoms. The lowest BCUT2D eigenvalue weighted by Gasteiger charge is -2.34. The Labute approximate surface area is 196 Å². The van der Waals surface area contributed by atoms with Crippen molar-refractivity contribution in [1.82, 2.24) is 0 Å². The summed E-state index contributed by atoms with van der Waals surface area (Å²) >= 11 is 2.76. The second kappa shape index (κ2) is 8.98. The molecule has 4 heterocycles. The number of hydrogen-bond donors (Lipinski definition) is 1. The van der Waals surface area contributed by atoms with Gasteiger partial charge in [0.25, 0.3) is 0 Å². The van der Waals surface area contributed by atoms with Crippen LogP contribution in [0.1, 0.15) is 22.6 Å². The van der Waals surface area contributed by atoms with Gasteiger partial charge in [0.05, 0.1) is 41.9 Å². The van der Waals surface area contributed by atoms with Crippen molar-refractivity contribution >= 4 is 28.6 Å². The highest BCUT2D eigenvalue weighted by atomic mass is 32.1. The number of aliphatic hydroxyl groups is 1. The number of carbonyl (C=O) groups is 1. The molecule has 3 atom stereocenters. The number of benzene rings is 1. The lowest BCUT2D eigenvalue weighted by molar-refractivity contribution is -0.910. The molecule has 2 bridgehead atoms. The molecule has 0 amide bonds. The number of para-hydroxylation sites is 1. The standard InChI is InChI=1S/C25H28NO4S2/c27-24(25(28,22-9-4-15-31-22)23-10-5-16-32-23)30-21-18-26(13-11-19(21)17-26)12-6-14-29-20-7-2-1-3-8-20/h1-5,7-10,15-16,19,21,28H,6,11-14,17-18H2/q+1/t19?,21-,26?/m0/s1. The van der Waals surface area contributed by atoms with Crippen molar-refractivity contribution in [1.29, 1.82) is 0 Å². The lowest BCUT2D eigenvalue weighted by Crippen LogP contribution is -2.49. The zero-order valence-electron chi connectivity index (χ0n) is 17.9. The van der Waals surface area contributed by atoms with Crippen LogP contribution in [0.3, 0.4) is 0 Å². The maximum absolute atomic E-state index is 13.3. The number of hydrogen-bond acceptors (Lipinski definition) is 6. The van der Waals surface area contributed by atoms with Crippen LogP contribution in [-0.4, -0.2) is 54.4 Å². The van der Waals surface area contributed by atoms with Crippen molar-refractivity contribution < 1.29 is 23.9 Å². The molecule has 2 saturated heterocycles. The monoisotopic (exact) mass is 470 g/mol. The minimum absolute atomic E-state index is 0.141. The number of carbonyl (C=O) groups excluding carboxylic acids is 1. The number of nitrogens with zero attached hydrogens (tertiary/aromatic N) is 1. The summed E-state index contributed by atoms with van der Waals surface area (Å²) in [6.07, 6.45) is 1.89. The minimum Gasteiger partial charge on any atom is -0.493 e. The number of thiophene rings is 2. The van der Waals surface area contributed by atoms with Gasteiger partial charge in [-0.25, -0.2) is 4.79 Å². The van der Waals surface area contributed by atoms with Gasteiger partial charge in [0.2, 0.25) is 5.60 Å². The molecule has 5 rings (SSSR count). The summed E-state index contributed by atoms with van der Waals surface area (Å²) in [7, 11) is 0. The predicted octanol–water partition coefficient (Wildman–Crippen LogP) is 4.28. The average Bonchev–Trinajstić information content (AvgIpc) is 3.61. The Hall–Kier alpha value is -2.19. The third-order valence-corrected chi connectivity index (χ3v) is 8.74. The summed E-state index contributed by atoms with van der Waals surface area (Å²) in [5.74, 6) is 0.720. The van der Waals surface area contributed by atoms with Gasteiger partial charge >= 0.3 is 5.97 Å². The first-order chi connectivity index (χ1) is 15.6. The van der Waals surface area contributed by atoms with E-state index >= 15 is 0 Å². The summed E-state index contributed by atoms with van der Waals surface area (Å²) < 4.78 is 12.9. The zero-order chi connectivity index (χ0) is 22.0. The third kappa shape index (κ3) is 4.10. The maximum atomic E-state index is 13.3. The Morgan fingerprint density at radius 3 is 2.41 bits per heavy atom. The fourth-order valence-corrected chi connectivity index (χ4v) is 6.88. The molecule has 0 radical (unpaired) electrons. The Kier molecular flexibility index (Phi) is 6.07. The van der Waals surface area contributed by atoms with Gasteiger partial charge in [-0.05, 0) is 35.0 Å². The topological polar surface area (TPSA) is 55.8 Å². The molecule has 1 N–H and O–H groups in total. The SMILES string of the molecule is O=C(O[C@H]1C[N+]2(CCCOc3ccccc3)CCC1C2)C(O)(c1cccs1)c1cccs1. The van der Waals surface area contributed by atoms with Crippen molar-refractivity contribution in [2.75, 3.05) is 32.8 Å². The number of piperidine rings is 1. The van der Waals surface area contributed by atoms with Crippen LogP contribution in [0.5, 0.6) is 5.75 Å². The predicted molar refractivity (Wildman–Crippen MR) is 126 cm³/mol.